The highest BCUT2D eigenvalue weighted by Gasteiger charge is 2.24. The predicted octanol–water partition coefficient (Wildman–Crippen LogP) is 2.11. The molecule has 0 amide bonds. The van der Waals surface area contributed by atoms with E-state index in [1.54, 1.807) is 25.2 Å². The highest BCUT2D eigenvalue weighted by atomic mass is 16.6. The maximum Gasteiger partial charge on any atom is 0.314 e. The molecule has 0 bridgehead atoms. The molecule has 2 rings (SSSR count). The lowest BCUT2D eigenvalue weighted by atomic mass is 10.1. The van der Waals surface area contributed by atoms with Gasteiger partial charge in [0, 0.05) is 7.05 Å². The van der Waals surface area contributed by atoms with Gasteiger partial charge in [0.1, 0.15) is 17.7 Å². The molecule has 21 heavy (non-hydrogen) atoms. The van der Waals surface area contributed by atoms with Crippen molar-refractivity contribution in [2.75, 3.05) is 26.6 Å². The topological polar surface area (TPSA) is 99.4 Å². The van der Waals surface area contributed by atoms with Crippen molar-refractivity contribution in [3.63, 3.8) is 0 Å². The van der Waals surface area contributed by atoms with Crippen LogP contribution < -0.4 is 14.8 Å². The van der Waals surface area contributed by atoms with E-state index >= 15 is 0 Å². The maximum absolute atomic E-state index is 11.2. The molecule has 0 atom stereocenters. The van der Waals surface area contributed by atoms with E-state index in [9.17, 15) is 10.1 Å². The van der Waals surface area contributed by atoms with E-state index in [1.165, 1.54) is 14.2 Å². The molecule has 0 aliphatic rings. The molecule has 0 aliphatic carbocycles. The first kappa shape index (κ1) is 14.5. The van der Waals surface area contributed by atoms with E-state index in [0.29, 0.717) is 17.1 Å². The Kier molecular flexibility index (Phi) is 4.17. The second kappa shape index (κ2) is 6.04. The number of hydrogen-bond donors (Lipinski definition) is 1. The van der Waals surface area contributed by atoms with Crippen molar-refractivity contribution in [3.8, 4) is 22.8 Å². The molecule has 1 N–H and O–H groups in total. The van der Waals surface area contributed by atoms with Gasteiger partial charge in [-0.05, 0) is 12.1 Å². The smallest absolute Gasteiger partial charge is 0.314 e. The number of anilines is 1. The summed E-state index contributed by atoms with van der Waals surface area (Å²) < 4.78 is 10.5. The summed E-state index contributed by atoms with van der Waals surface area (Å²) in [7, 11) is 4.58. The standard InChI is InChI=1S/C13H14N4O4/c1-14-13-15-7-8(17(18)19)12(16-13)11-9(20-2)5-4-6-10(11)21-3/h4-7H,1-3H3,(H,14,15,16). The molecule has 0 fully saturated rings. The third-order valence-electron chi connectivity index (χ3n) is 2.85. The summed E-state index contributed by atoms with van der Waals surface area (Å²) >= 11 is 0. The average Bonchev–Trinajstić information content (AvgIpc) is 2.53. The van der Waals surface area contributed by atoms with E-state index in [4.69, 9.17) is 9.47 Å². The number of nitrogens with zero attached hydrogens (tertiary/aromatic N) is 3. The summed E-state index contributed by atoms with van der Waals surface area (Å²) in [5.41, 5.74) is 0.318. The van der Waals surface area contributed by atoms with E-state index in [0.717, 1.165) is 6.20 Å². The lowest BCUT2D eigenvalue weighted by Crippen LogP contribution is -2.03. The van der Waals surface area contributed by atoms with Gasteiger partial charge in [0.15, 0.2) is 5.69 Å². The Morgan fingerprint density at radius 1 is 1.24 bits per heavy atom. The summed E-state index contributed by atoms with van der Waals surface area (Å²) in [6.45, 7) is 0. The molecule has 0 saturated heterocycles. The molecule has 1 aromatic heterocycles. The third-order valence-corrected chi connectivity index (χ3v) is 2.85. The van der Waals surface area contributed by atoms with Crippen LogP contribution in [-0.2, 0) is 0 Å². The molecule has 1 aromatic carbocycles. The minimum absolute atomic E-state index is 0.133. The second-order valence-corrected chi connectivity index (χ2v) is 3.97. The van der Waals surface area contributed by atoms with Crippen molar-refractivity contribution in [2.45, 2.75) is 0 Å². The largest absolute Gasteiger partial charge is 0.496 e. The molecular formula is C13H14N4O4. The van der Waals surface area contributed by atoms with E-state index in [-0.39, 0.29) is 17.3 Å². The van der Waals surface area contributed by atoms with Crippen molar-refractivity contribution in [1.29, 1.82) is 0 Å². The molecule has 1 heterocycles. The van der Waals surface area contributed by atoms with Gasteiger partial charge in [0.05, 0.1) is 24.7 Å². The maximum atomic E-state index is 11.2. The number of ether oxygens (including phenoxy) is 2. The van der Waals surface area contributed by atoms with Gasteiger partial charge < -0.3 is 14.8 Å². The SMILES string of the molecule is CNc1ncc([N+](=O)[O-])c(-c2c(OC)cccc2OC)n1. The number of nitro groups is 1. The Bertz CT molecular complexity index is 653. The van der Waals surface area contributed by atoms with Crippen molar-refractivity contribution < 1.29 is 14.4 Å². The highest BCUT2D eigenvalue weighted by molar-refractivity contribution is 5.80. The fraction of sp³-hybridized carbons (Fsp3) is 0.231. The number of methoxy groups -OCH3 is 2. The first-order chi connectivity index (χ1) is 10.1. The Balaban J connectivity index is 2.78. The number of rotatable bonds is 5. The van der Waals surface area contributed by atoms with Crippen LogP contribution in [-0.4, -0.2) is 36.2 Å². The van der Waals surface area contributed by atoms with Gasteiger partial charge in [-0.2, -0.15) is 0 Å². The van der Waals surface area contributed by atoms with E-state index in [1.807, 2.05) is 0 Å². The molecule has 8 nitrogen and oxygen atoms in total. The zero-order chi connectivity index (χ0) is 15.4. The number of benzene rings is 1. The number of nitrogens with one attached hydrogen (secondary N) is 1. The van der Waals surface area contributed by atoms with Crippen LogP contribution in [0.15, 0.2) is 24.4 Å². The number of aromatic nitrogens is 2. The summed E-state index contributed by atoms with van der Waals surface area (Å²) in [6.07, 6.45) is 1.15. The van der Waals surface area contributed by atoms with Gasteiger partial charge in [-0.3, -0.25) is 10.1 Å². The molecule has 0 spiro atoms. The summed E-state index contributed by atoms with van der Waals surface area (Å²) in [6, 6.07) is 5.10. The van der Waals surface area contributed by atoms with Gasteiger partial charge in [0.2, 0.25) is 5.95 Å². The molecule has 0 radical (unpaired) electrons. The molecule has 0 unspecified atom stereocenters. The first-order valence-corrected chi connectivity index (χ1v) is 6.03. The normalized spacial score (nSPS) is 10.0. The molecule has 0 aliphatic heterocycles. The van der Waals surface area contributed by atoms with Crippen LogP contribution in [0.3, 0.4) is 0 Å². The van der Waals surface area contributed by atoms with Crippen molar-refractivity contribution in [1.82, 2.24) is 9.97 Å². The van der Waals surface area contributed by atoms with Gasteiger partial charge in [-0.1, -0.05) is 6.07 Å². The monoisotopic (exact) mass is 290 g/mol. The van der Waals surface area contributed by atoms with Gasteiger partial charge in [0.25, 0.3) is 0 Å². The minimum atomic E-state index is -0.541. The van der Waals surface area contributed by atoms with Crippen molar-refractivity contribution >= 4 is 11.6 Å². The highest BCUT2D eigenvalue weighted by Crippen LogP contribution is 2.41. The lowest BCUT2D eigenvalue weighted by Gasteiger charge is -2.13. The summed E-state index contributed by atoms with van der Waals surface area (Å²) in [4.78, 5) is 18.7. The zero-order valence-electron chi connectivity index (χ0n) is 11.8. The van der Waals surface area contributed by atoms with Crippen LogP contribution in [0.25, 0.3) is 11.3 Å². The van der Waals surface area contributed by atoms with E-state index < -0.39 is 4.92 Å². The summed E-state index contributed by atoms with van der Waals surface area (Å²) in [5.74, 6) is 1.12. The molecule has 0 saturated carbocycles. The van der Waals surface area contributed by atoms with Crippen LogP contribution in [0.4, 0.5) is 11.6 Å². The molecular weight excluding hydrogens is 276 g/mol. The minimum Gasteiger partial charge on any atom is -0.496 e. The quantitative estimate of drug-likeness (QED) is 0.665. The van der Waals surface area contributed by atoms with Gasteiger partial charge in [-0.25, -0.2) is 9.97 Å². The molecule has 8 heteroatoms. The summed E-state index contributed by atoms with van der Waals surface area (Å²) in [5, 5.41) is 14.0. The Morgan fingerprint density at radius 3 is 2.33 bits per heavy atom. The van der Waals surface area contributed by atoms with Gasteiger partial charge in [-0.15, -0.1) is 0 Å². The Morgan fingerprint density at radius 2 is 1.86 bits per heavy atom. The molecule has 110 valence electrons. The van der Waals surface area contributed by atoms with E-state index in [2.05, 4.69) is 15.3 Å². The van der Waals surface area contributed by atoms with Crippen LogP contribution in [0.5, 0.6) is 11.5 Å². The van der Waals surface area contributed by atoms with Crippen molar-refractivity contribution in [2.24, 2.45) is 0 Å². The van der Waals surface area contributed by atoms with Crippen LogP contribution in [0.2, 0.25) is 0 Å². The van der Waals surface area contributed by atoms with Crippen LogP contribution >= 0.6 is 0 Å². The Labute approximate surface area is 120 Å². The number of hydrogen-bond acceptors (Lipinski definition) is 7. The van der Waals surface area contributed by atoms with Crippen LogP contribution in [0.1, 0.15) is 0 Å². The predicted molar refractivity (Wildman–Crippen MR) is 76.8 cm³/mol. The lowest BCUT2D eigenvalue weighted by molar-refractivity contribution is -0.384. The van der Waals surface area contributed by atoms with Gasteiger partial charge >= 0.3 is 5.69 Å². The van der Waals surface area contributed by atoms with Crippen LogP contribution in [0, 0.1) is 10.1 Å². The fourth-order valence-corrected chi connectivity index (χ4v) is 1.90. The zero-order valence-corrected chi connectivity index (χ0v) is 11.8. The Hall–Kier alpha value is -2.90. The fourth-order valence-electron chi connectivity index (χ4n) is 1.90. The van der Waals surface area contributed by atoms with Crippen molar-refractivity contribution in [3.05, 3.63) is 34.5 Å². The average molecular weight is 290 g/mol. The second-order valence-electron chi connectivity index (χ2n) is 3.97. The third kappa shape index (κ3) is 2.69. The first-order valence-electron chi connectivity index (χ1n) is 6.03. The molecule has 2 aromatic rings.